The second kappa shape index (κ2) is 8.88. The van der Waals surface area contributed by atoms with Crippen LogP contribution in [0.1, 0.15) is 22.6 Å². The largest absolute Gasteiger partial charge is 0.373 e. The van der Waals surface area contributed by atoms with E-state index in [9.17, 15) is 5.11 Å². The molecule has 2 heterocycles. The lowest BCUT2D eigenvalue weighted by Crippen LogP contribution is -2.30. The number of benzene rings is 3. The summed E-state index contributed by atoms with van der Waals surface area (Å²) < 4.78 is 0. The second-order valence-electron chi connectivity index (χ2n) is 7.91. The lowest BCUT2D eigenvalue weighted by atomic mass is 9.84. The van der Waals surface area contributed by atoms with E-state index in [4.69, 9.17) is 46.4 Å². The van der Waals surface area contributed by atoms with Crippen molar-refractivity contribution in [2.24, 2.45) is 0 Å². The van der Waals surface area contributed by atoms with Gasteiger partial charge in [-0.2, -0.15) is 0 Å². The number of aromatic amines is 1. The zero-order valence-electron chi connectivity index (χ0n) is 17.8. The summed E-state index contributed by atoms with van der Waals surface area (Å²) in [5.41, 5.74) is 2.08. The smallest absolute Gasteiger partial charge is 0.173 e. The highest BCUT2D eigenvalue weighted by Gasteiger charge is 2.37. The van der Waals surface area contributed by atoms with E-state index >= 15 is 0 Å². The first-order chi connectivity index (χ1) is 16.3. The molecule has 4 nitrogen and oxygen atoms in total. The van der Waals surface area contributed by atoms with Crippen LogP contribution in [0.3, 0.4) is 0 Å². The SMILES string of the molecule is Cc1c[nH]c(C(O)(c2ccc(Cl)cc2)c2ccc3nc(Cl)c(-c4ccccc4Cl)c(Cl)c3c2)n1. The van der Waals surface area contributed by atoms with Gasteiger partial charge in [0.2, 0.25) is 0 Å². The Bertz CT molecular complexity index is 1530. The summed E-state index contributed by atoms with van der Waals surface area (Å²) in [6, 6.07) is 19.6. The molecule has 0 aliphatic rings. The average Bonchev–Trinajstić information content (AvgIpc) is 3.27. The average molecular weight is 529 g/mol. The summed E-state index contributed by atoms with van der Waals surface area (Å²) in [5.74, 6) is 0.371. The Kier molecular flexibility index (Phi) is 6.05. The van der Waals surface area contributed by atoms with Crippen LogP contribution in [0.15, 0.2) is 72.9 Å². The van der Waals surface area contributed by atoms with Gasteiger partial charge in [0.25, 0.3) is 0 Å². The minimum Gasteiger partial charge on any atom is -0.373 e. The van der Waals surface area contributed by atoms with Gasteiger partial charge in [0.1, 0.15) is 11.0 Å². The summed E-state index contributed by atoms with van der Waals surface area (Å²) in [6.45, 7) is 1.85. The molecule has 0 saturated heterocycles. The van der Waals surface area contributed by atoms with Gasteiger partial charge >= 0.3 is 0 Å². The standard InChI is InChI=1S/C26H17Cl4N3O/c1-14-13-31-25(32-14)26(34,15-6-9-17(27)10-7-15)16-8-11-21-19(12-16)23(29)22(24(30)33-21)18-4-2-3-5-20(18)28/h2-13,34H,1H3,(H,31,32). The molecule has 5 aromatic rings. The normalized spacial score (nSPS) is 13.2. The number of halogens is 4. The van der Waals surface area contributed by atoms with Crippen molar-refractivity contribution < 1.29 is 5.11 Å². The number of hydrogen-bond donors (Lipinski definition) is 2. The highest BCUT2D eigenvalue weighted by Crippen LogP contribution is 2.43. The van der Waals surface area contributed by atoms with Gasteiger partial charge in [-0.15, -0.1) is 0 Å². The molecular weight excluding hydrogens is 512 g/mol. The topological polar surface area (TPSA) is 61.8 Å². The fourth-order valence-electron chi connectivity index (χ4n) is 4.04. The molecule has 0 fully saturated rings. The van der Waals surface area contributed by atoms with Crippen LogP contribution in [0.4, 0.5) is 0 Å². The Morgan fingerprint density at radius 2 is 1.56 bits per heavy atom. The maximum atomic E-state index is 12.1. The fourth-order valence-corrected chi connectivity index (χ4v) is 5.08. The van der Waals surface area contributed by atoms with Gasteiger partial charge in [-0.1, -0.05) is 82.8 Å². The van der Waals surface area contributed by atoms with E-state index in [-0.39, 0.29) is 5.15 Å². The maximum Gasteiger partial charge on any atom is 0.173 e. The third-order valence-electron chi connectivity index (χ3n) is 5.75. The zero-order chi connectivity index (χ0) is 24.0. The van der Waals surface area contributed by atoms with Crippen molar-refractivity contribution in [1.29, 1.82) is 0 Å². The number of aliphatic hydroxyl groups is 1. The van der Waals surface area contributed by atoms with Gasteiger partial charge in [-0.25, -0.2) is 9.97 Å². The molecule has 0 amide bonds. The minimum atomic E-state index is -1.60. The first-order valence-corrected chi connectivity index (χ1v) is 11.8. The summed E-state index contributed by atoms with van der Waals surface area (Å²) in [4.78, 5) is 12.2. The van der Waals surface area contributed by atoms with Crippen molar-refractivity contribution in [2.45, 2.75) is 12.5 Å². The van der Waals surface area contributed by atoms with Crippen LogP contribution in [0.5, 0.6) is 0 Å². The third kappa shape index (κ3) is 3.86. The van der Waals surface area contributed by atoms with Crippen LogP contribution in [-0.2, 0) is 5.60 Å². The number of pyridine rings is 1. The summed E-state index contributed by atoms with van der Waals surface area (Å²) in [5, 5.41) is 14.4. The number of rotatable bonds is 4. The summed E-state index contributed by atoms with van der Waals surface area (Å²) in [6.07, 6.45) is 1.74. The van der Waals surface area contributed by atoms with Crippen LogP contribution >= 0.6 is 46.4 Å². The van der Waals surface area contributed by atoms with Crippen LogP contribution in [0.25, 0.3) is 22.0 Å². The van der Waals surface area contributed by atoms with Crippen molar-refractivity contribution in [3.63, 3.8) is 0 Å². The number of nitrogens with zero attached hydrogens (tertiary/aromatic N) is 2. The number of H-pyrrole nitrogens is 1. The van der Waals surface area contributed by atoms with E-state index in [1.807, 2.05) is 25.1 Å². The molecule has 0 aliphatic heterocycles. The Labute approximate surface area is 216 Å². The van der Waals surface area contributed by atoms with E-state index in [2.05, 4.69) is 15.0 Å². The highest BCUT2D eigenvalue weighted by atomic mass is 35.5. The monoisotopic (exact) mass is 527 g/mol. The predicted octanol–water partition coefficient (Wildman–Crippen LogP) is 7.83. The maximum absolute atomic E-state index is 12.1. The number of aryl methyl sites for hydroxylation is 1. The van der Waals surface area contributed by atoms with Crippen LogP contribution in [0.2, 0.25) is 20.2 Å². The number of aromatic nitrogens is 3. The Balaban J connectivity index is 1.78. The third-order valence-corrected chi connectivity index (χ3v) is 7.00. The molecule has 3 aromatic carbocycles. The number of fused-ring (bicyclic) bond motifs is 1. The molecule has 2 aromatic heterocycles. The van der Waals surface area contributed by atoms with Crippen molar-refractivity contribution >= 4 is 57.3 Å². The summed E-state index contributed by atoms with van der Waals surface area (Å²) in [7, 11) is 0. The van der Waals surface area contributed by atoms with Crippen LogP contribution in [0, 0.1) is 6.92 Å². The lowest BCUT2D eigenvalue weighted by Gasteiger charge is -2.28. The van der Waals surface area contributed by atoms with Gasteiger partial charge in [0.05, 0.1) is 16.2 Å². The zero-order valence-corrected chi connectivity index (χ0v) is 20.8. The first kappa shape index (κ1) is 23.2. The molecule has 0 bridgehead atoms. The van der Waals surface area contributed by atoms with Gasteiger partial charge in [0, 0.05) is 32.8 Å². The molecule has 1 atom stereocenters. The molecule has 0 aliphatic carbocycles. The number of hydrogen-bond acceptors (Lipinski definition) is 3. The summed E-state index contributed by atoms with van der Waals surface area (Å²) >= 11 is 25.9. The molecule has 5 rings (SSSR count). The minimum absolute atomic E-state index is 0.243. The molecule has 2 N–H and O–H groups in total. The molecule has 8 heteroatoms. The molecule has 170 valence electrons. The van der Waals surface area contributed by atoms with Gasteiger partial charge in [0.15, 0.2) is 5.60 Å². The molecular formula is C26H17Cl4N3O. The number of nitrogens with one attached hydrogen (secondary N) is 1. The van der Waals surface area contributed by atoms with Crippen molar-refractivity contribution in [3.8, 4) is 11.1 Å². The first-order valence-electron chi connectivity index (χ1n) is 10.3. The van der Waals surface area contributed by atoms with Gasteiger partial charge in [-0.05, 0) is 48.4 Å². The molecule has 1 unspecified atom stereocenters. The van der Waals surface area contributed by atoms with Gasteiger partial charge < -0.3 is 10.1 Å². The van der Waals surface area contributed by atoms with Crippen LogP contribution < -0.4 is 0 Å². The quantitative estimate of drug-likeness (QED) is 0.233. The Morgan fingerprint density at radius 1 is 0.853 bits per heavy atom. The van der Waals surface area contributed by atoms with E-state index < -0.39 is 5.60 Å². The van der Waals surface area contributed by atoms with Crippen LogP contribution in [-0.4, -0.2) is 20.1 Å². The fraction of sp³-hybridized carbons (Fsp3) is 0.0769. The van der Waals surface area contributed by atoms with Gasteiger partial charge in [-0.3, -0.25) is 0 Å². The highest BCUT2D eigenvalue weighted by molar-refractivity contribution is 6.43. The lowest BCUT2D eigenvalue weighted by molar-refractivity contribution is 0.116. The molecule has 0 spiro atoms. The molecule has 34 heavy (non-hydrogen) atoms. The van der Waals surface area contributed by atoms with E-state index in [0.29, 0.717) is 54.0 Å². The number of imidazole rings is 1. The van der Waals surface area contributed by atoms with Crippen molar-refractivity contribution in [3.05, 3.63) is 116 Å². The van der Waals surface area contributed by atoms with E-state index in [0.717, 1.165) is 5.69 Å². The van der Waals surface area contributed by atoms with Crippen molar-refractivity contribution in [2.75, 3.05) is 0 Å². The molecule has 0 saturated carbocycles. The second-order valence-corrected chi connectivity index (χ2v) is 9.49. The predicted molar refractivity (Wildman–Crippen MR) is 139 cm³/mol. The Morgan fingerprint density at radius 3 is 2.24 bits per heavy atom. The molecule has 0 radical (unpaired) electrons. The Hall–Kier alpha value is -2.60. The van der Waals surface area contributed by atoms with E-state index in [1.165, 1.54) is 0 Å². The van der Waals surface area contributed by atoms with Crippen molar-refractivity contribution in [1.82, 2.24) is 15.0 Å². The van der Waals surface area contributed by atoms with E-state index in [1.54, 1.807) is 54.7 Å².